The second-order valence-corrected chi connectivity index (χ2v) is 6.27. The summed E-state index contributed by atoms with van der Waals surface area (Å²) in [5.74, 6) is 0.535. The number of anilines is 1. The molecule has 1 aromatic carbocycles. The van der Waals surface area contributed by atoms with Gasteiger partial charge in [0.25, 0.3) is 0 Å². The maximum atomic E-state index is 11.9. The third-order valence-electron chi connectivity index (χ3n) is 4.05. The van der Waals surface area contributed by atoms with Crippen molar-refractivity contribution in [3.05, 3.63) is 43.0 Å². The lowest BCUT2D eigenvalue weighted by Crippen LogP contribution is -2.17. The van der Waals surface area contributed by atoms with Gasteiger partial charge in [0.2, 0.25) is 5.91 Å². The highest BCUT2D eigenvalue weighted by atomic mass is 16.1. The van der Waals surface area contributed by atoms with E-state index in [-0.39, 0.29) is 11.8 Å². The Morgan fingerprint density at radius 3 is 2.77 bits per heavy atom. The van der Waals surface area contributed by atoms with Crippen molar-refractivity contribution in [1.29, 1.82) is 0 Å². The standard InChI is InChI=1S/C18H17N7O/c1-10(2)18(26)22-13-5-12(7-19-8-13)16-14-6-11(17-20-9-21-25-17)3-4-15(14)23-24-16/h3-10H,1-2H3,(H,22,26)(H,23,24)(H,20,21,25). The molecular formula is C18H17N7O. The molecular weight excluding hydrogens is 330 g/mol. The Morgan fingerprint density at radius 2 is 2.00 bits per heavy atom. The van der Waals surface area contributed by atoms with Crippen molar-refractivity contribution < 1.29 is 4.79 Å². The van der Waals surface area contributed by atoms with E-state index in [1.807, 2.05) is 38.1 Å². The van der Waals surface area contributed by atoms with Gasteiger partial charge < -0.3 is 5.32 Å². The van der Waals surface area contributed by atoms with Crippen LogP contribution < -0.4 is 5.32 Å². The Bertz CT molecular complexity index is 1070. The van der Waals surface area contributed by atoms with Crippen LogP contribution in [0.5, 0.6) is 0 Å². The Balaban J connectivity index is 1.75. The number of pyridine rings is 1. The van der Waals surface area contributed by atoms with Gasteiger partial charge in [-0.15, -0.1) is 0 Å². The Kier molecular flexibility index (Phi) is 3.92. The smallest absolute Gasteiger partial charge is 0.226 e. The van der Waals surface area contributed by atoms with E-state index in [0.717, 1.165) is 27.7 Å². The lowest BCUT2D eigenvalue weighted by atomic mass is 10.1. The van der Waals surface area contributed by atoms with Crippen LogP contribution in [0.2, 0.25) is 0 Å². The van der Waals surface area contributed by atoms with Crippen LogP contribution in [0, 0.1) is 5.92 Å². The fourth-order valence-corrected chi connectivity index (χ4v) is 2.65. The van der Waals surface area contributed by atoms with Crippen LogP contribution in [0.25, 0.3) is 33.5 Å². The molecule has 130 valence electrons. The minimum atomic E-state index is -0.102. The van der Waals surface area contributed by atoms with E-state index in [1.54, 1.807) is 12.4 Å². The number of carbonyl (C=O) groups excluding carboxylic acids is 1. The van der Waals surface area contributed by atoms with Gasteiger partial charge in [-0.3, -0.25) is 20.0 Å². The largest absolute Gasteiger partial charge is 0.324 e. The van der Waals surface area contributed by atoms with Crippen LogP contribution in [0.3, 0.4) is 0 Å². The molecule has 0 aliphatic rings. The van der Waals surface area contributed by atoms with Crippen LogP contribution in [0.4, 0.5) is 5.69 Å². The van der Waals surface area contributed by atoms with Crippen molar-refractivity contribution in [3.63, 3.8) is 0 Å². The number of nitrogens with zero attached hydrogens (tertiary/aromatic N) is 4. The summed E-state index contributed by atoms with van der Waals surface area (Å²) in [6.45, 7) is 3.69. The van der Waals surface area contributed by atoms with Crippen molar-refractivity contribution in [2.45, 2.75) is 13.8 Å². The maximum absolute atomic E-state index is 11.9. The van der Waals surface area contributed by atoms with Crippen molar-refractivity contribution in [1.82, 2.24) is 30.4 Å². The van der Waals surface area contributed by atoms with Gasteiger partial charge in [-0.1, -0.05) is 13.8 Å². The van der Waals surface area contributed by atoms with E-state index >= 15 is 0 Å². The molecule has 3 aromatic heterocycles. The van der Waals surface area contributed by atoms with Crippen molar-refractivity contribution in [2.24, 2.45) is 5.92 Å². The number of nitrogens with one attached hydrogen (secondary N) is 3. The zero-order valence-corrected chi connectivity index (χ0v) is 14.3. The Labute approximate surface area is 149 Å². The number of rotatable bonds is 4. The van der Waals surface area contributed by atoms with Gasteiger partial charge in [0, 0.05) is 28.6 Å². The summed E-state index contributed by atoms with van der Waals surface area (Å²) in [4.78, 5) is 20.3. The van der Waals surface area contributed by atoms with Gasteiger partial charge in [0.05, 0.1) is 17.4 Å². The highest BCUT2D eigenvalue weighted by Gasteiger charge is 2.13. The number of aromatic nitrogens is 6. The zero-order chi connectivity index (χ0) is 18.1. The fraction of sp³-hybridized carbons (Fsp3) is 0.167. The fourth-order valence-electron chi connectivity index (χ4n) is 2.65. The monoisotopic (exact) mass is 347 g/mol. The molecule has 0 saturated heterocycles. The molecule has 26 heavy (non-hydrogen) atoms. The summed E-state index contributed by atoms with van der Waals surface area (Å²) in [5.41, 5.74) is 4.03. The third kappa shape index (κ3) is 2.92. The first-order chi connectivity index (χ1) is 12.6. The minimum Gasteiger partial charge on any atom is -0.324 e. The van der Waals surface area contributed by atoms with Crippen LogP contribution in [0.1, 0.15) is 13.8 Å². The molecule has 4 aromatic rings. The number of amides is 1. The summed E-state index contributed by atoms with van der Waals surface area (Å²) < 4.78 is 0. The first-order valence-corrected chi connectivity index (χ1v) is 8.22. The molecule has 0 aliphatic carbocycles. The van der Waals surface area contributed by atoms with E-state index in [0.29, 0.717) is 11.5 Å². The Hall–Kier alpha value is -3.55. The first kappa shape index (κ1) is 15.9. The van der Waals surface area contributed by atoms with E-state index in [2.05, 4.69) is 35.7 Å². The van der Waals surface area contributed by atoms with Gasteiger partial charge in [0.1, 0.15) is 12.0 Å². The van der Waals surface area contributed by atoms with Crippen molar-refractivity contribution in [3.8, 4) is 22.6 Å². The number of benzene rings is 1. The molecule has 0 atom stereocenters. The molecule has 0 unspecified atom stereocenters. The summed E-state index contributed by atoms with van der Waals surface area (Å²) in [6, 6.07) is 7.75. The lowest BCUT2D eigenvalue weighted by molar-refractivity contribution is -0.118. The van der Waals surface area contributed by atoms with Crippen LogP contribution in [0.15, 0.2) is 43.0 Å². The molecule has 8 heteroatoms. The van der Waals surface area contributed by atoms with Gasteiger partial charge in [-0.05, 0) is 24.3 Å². The van der Waals surface area contributed by atoms with Gasteiger partial charge in [-0.2, -0.15) is 10.2 Å². The topological polar surface area (TPSA) is 112 Å². The van der Waals surface area contributed by atoms with Crippen LogP contribution in [-0.2, 0) is 4.79 Å². The molecule has 0 radical (unpaired) electrons. The predicted octanol–water partition coefficient (Wildman–Crippen LogP) is 3.00. The van der Waals surface area contributed by atoms with E-state index in [1.165, 1.54) is 6.33 Å². The predicted molar refractivity (Wildman–Crippen MR) is 98.2 cm³/mol. The van der Waals surface area contributed by atoms with E-state index < -0.39 is 0 Å². The van der Waals surface area contributed by atoms with Gasteiger partial charge >= 0.3 is 0 Å². The number of carbonyl (C=O) groups is 1. The van der Waals surface area contributed by atoms with Crippen molar-refractivity contribution in [2.75, 3.05) is 5.32 Å². The van der Waals surface area contributed by atoms with Crippen molar-refractivity contribution >= 4 is 22.5 Å². The number of fused-ring (bicyclic) bond motifs is 1. The summed E-state index contributed by atoms with van der Waals surface area (Å²) in [5, 5.41) is 18.0. The van der Waals surface area contributed by atoms with E-state index in [9.17, 15) is 4.79 Å². The van der Waals surface area contributed by atoms with Gasteiger partial charge in [-0.25, -0.2) is 4.98 Å². The normalized spacial score (nSPS) is 11.2. The Morgan fingerprint density at radius 1 is 1.12 bits per heavy atom. The summed E-state index contributed by atoms with van der Waals surface area (Å²) in [6.07, 6.45) is 4.82. The average molecular weight is 347 g/mol. The molecule has 0 bridgehead atoms. The highest BCUT2D eigenvalue weighted by Crippen LogP contribution is 2.30. The first-order valence-electron chi connectivity index (χ1n) is 8.22. The molecule has 4 rings (SSSR count). The molecule has 8 nitrogen and oxygen atoms in total. The maximum Gasteiger partial charge on any atom is 0.226 e. The molecule has 0 fully saturated rings. The highest BCUT2D eigenvalue weighted by molar-refractivity contribution is 5.96. The van der Waals surface area contributed by atoms with Crippen LogP contribution in [-0.4, -0.2) is 36.3 Å². The lowest BCUT2D eigenvalue weighted by Gasteiger charge is -2.08. The second kappa shape index (κ2) is 6.40. The number of aromatic amines is 2. The summed E-state index contributed by atoms with van der Waals surface area (Å²) in [7, 11) is 0. The zero-order valence-electron chi connectivity index (χ0n) is 14.3. The SMILES string of the molecule is CC(C)C(=O)Nc1cncc(-c2n[nH]c3ccc(-c4ncn[nH]4)cc23)c1. The molecule has 3 heterocycles. The molecule has 0 saturated carbocycles. The molecule has 1 amide bonds. The quantitative estimate of drug-likeness (QED) is 0.525. The third-order valence-corrected chi connectivity index (χ3v) is 4.05. The summed E-state index contributed by atoms with van der Waals surface area (Å²) >= 11 is 0. The molecule has 3 N–H and O–H groups in total. The number of hydrogen-bond acceptors (Lipinski definition) is 5. The molecule has 0 spiro atoms. The van der Waals surface area contributed by atoms with Crippen LogP contribution >= 0.6 is 0 Å². The second-order valence-electron chi connectivity index (χ2n) is 6.27. The number of H-pyrrole nitrogens is 2. The van der Waals surface area contributed by atoms with Gasteiger partial charge in [0.15, 0.2) is 5.82 Å². The average Bonchev–Trinajstić information content (AvgIpc) is 3.31. The molecule has 0 aliphatic heterocycles. The van der Waals surface area contributed by atoms with E-state index in [4.69, 9.17) is 0 Å². The minimum absolute atomic E-state index is 0.0524. The number of hydrogen-bond donors (Lipinski definition) is 3.